The molecule has 1 heterocycles. The number of ether oxygens (including phenoxy) is 1. The molecule has 16 heavy (non-hydrogen) atoms. The Labute approximate surface area is 95.2 Å². The predicted molar refractivity (Wildman–Crippen MR) is 63.9 cm³/mol. The van der Waals surface area contributed by atoms with Crippen molar-refractivity contribution in [3.8, 4) is 5.75 Å². The van der Waals surface area contributed by atoms with E-state index >= 15 is 0 Å². The molecular weight excluding hydrogens is 207 g/mol. The van der Waals surface area contributed by atoms with E-state index in [0.29, 0.717) is 5.75 Å². The molecule has 2 rings (SSSR count). The Kier molecular flexibility index (Phi) is 3.17. The third-order valence-corrected chi connectivity index (χ3v) is 2.91. The molecular formula is C12H17FN2O. The highest BCUT2D eigenvalue weighted by atomic mass is 19.1. The van der Waals surface area contributed by atoms with Crippen LogP contribution >= 0.6 is 0 Å². The monoisotopic (exact) mass is 224 g/mol. The topological polar surface area (TPSA) is 24.5 Å². The molecule has 1 aromatic rings. The number of methoxy groups -OCH3 is 1. The summed E-state index contributed by atoms with van der Waals surface area (Å²) < 4.78 is 18.6. The standard InChI is InChI=1S/C12H17FN2O/c1-3-15-6-4-5-14-10-7-9(13)12(16-2)8-11(10)15/h7-8,14H,3-6H2,1-2H3. The first-order valence-corrected chi connectivity index (χ1v) is 5.62. The first-order chi connectivity index (χ1) is 7.76. The normalized spacial score (nSPS) is 15.1. The molecule has 0 unspecified atom stereocenters. The zero-order chi connectivity index (χ0) is 11.5. The Bertz CT molecular complexity index is 382. The molecule has 4 heteroatoms. The molecule has 1 N–H and O–H groups in total. The van der Waals surface area contributed by atoms with Crippen LogP contribution in [0.1, 0.15) is 13.3 Å². The van der Waals surface area contributed by atoms with E-state index in [9.17, 15) is 4.39 Å². The summed E-state index contributed by atoms with van der Waals surface area (Å²) in [7, 11) is 1.49. The number of hydrogen-bond acceptors (Lipinski definition) is 3. The highest BCUT2D eigenvalue weighted by Gasteiger charge is 2.17. The summed E-state index contributed by atoms with van der Waals surface area (Å²) in [5.41, 5.74) is 1.89. The molecule has 3 nitrogen and oxygen atoms in total. The van der Waals surface area contributed by atoms with Gasteiger partial charge >= 0.3 is 0 Å². The van der Waals surface area contributed by atoms with Crippen molar-refractivity contribution in [1.82, 2.24) is 0 Å². The Balaban J connectivity index is 2.46. The van der Waals surface area contributed by atoms with Crippen LogP contribution in [-0.4, -0.2) is 26.7 Å². The summed E-state index contributed by atoms with van der Waals surface area (Å²) in [5, 5.41) is 3.24. The molecule has 0 amide bonds. The lowest BCUT2D eigenvalue weighted by molar-refractivity contribution is 0.387. The smallest absolute Gasteiger partial charge is 0.167 e. The van der Waals surface area contributed by atoms with Gasteiger partial charge < -0.3 is 15.0 Å². The van der Waals surface area contributed by atoms with Crippen LogP contribution in [0.25, 0.3) is 0 Å². The lowest BCUT2D eigenvalue weighted by atomic mass is 10.2. The van der Waals surface area contributed by atoms with Gasteiger partial charge in [0.2, 0.25) is 0 Å². The fraction of sp³-hybridized carbons (Fsp3) is 0.500. The number of halogens is 1. The Hall–Kier alpha value is -1.45. The molecule has 0 aliphatic carbocycles. The number of benzene rings is 1. The molecule has 0 spiro atoms. The van der Waals surface area contributed by atoms with E-state index in [2.05, 4.69) is 17.1 Å². The first kappa shape index (κ1) is 11.0. The van der Waals surface area contributed by atoms with Crippen molar-refractivity contribution in [2.24, 2.45) is 0 Å². The largest absolute Gasteiger partial charge is 0.494 e. The van der Waals surface area contributed by atoms with Gasteiger partial charge in [-0.3, -0.25) is 0 Å². The second-order valence-corrected chi connectivity index (χ2v) is 3.86. The van der Waals surface area contributed by atoms with Crippen LogP contribution in [0.3, 0.4) is 0 Å². The van der Waals surface area contributed by atoms with Gasteiger partial charge in [-0.2, -0.15) is 0 Å². The van der Waals surface area contributed by atoms with Crippen molar-refractivity contribution in [2.45, 2.75) is 13.3 Å². The van der Waals surface area contributed by atoms with Gasteiger partial charge in [0, 0.05) is 31.8 Å². The lowest BCUT2D eigenvalue weighted by Crippen LogP contribution is -2.23. The maximum Gasteiger partial charge on any atom is 0.167 e. The van der Waals surface area contributed by atoms with Crippen molar-refractivity contribution in [1.29, 1.82) is 0 Å². The van der Waals surface area contributed by atoms with Crippen LogP contribution in [0.2, 0.25) is 0 Å². The van der Waals surface area contributed by atoms with Gasteiger partial charge in [0.15, 0.2) is 11.6 Å². The van der Waals surface area contributed by atoms with Crippen molar-refractivity contribution in [2.75, 3.05) is 37.0 Å². The van der Waals surface area contributed by atoms with Gasteiger partial charge in [0.1, 0.15) is 0 Å². The molecule has 0 aromatic heterocycles. The van der Waals surface area contributed by atoms with Crippen molar-refractivity contribution < 1.29 is 9.13 Å². The number of nitrogens with one attached hydrogen (secondary N) is 1. The average Bonchev–Trinajstić information content (AvgIpc) is 2.49. The third kappa shape index (κ3) is 1.92. The summed E-state index contributed by atoms with van der Waals surface area (Å²) in [6.07, 6.45) is 1.06. The minimum Gasteiger partial charge on any atom is -0.494 e. The van der Waals surface area contributed by atoms with Crippen LogP contribution in [0.15, 0.2) is 12.1 Å². The molecule has 88 valence electrons. The molecule has 0 saturated carbocycles. The SMILES string of the molecule is CCN1CCCNc2cc(F)c(OC)cc21. The Morgan fingerprint density at radius 3 is 3.00 bits per heavy atom. The third-order valence-electron chi connectivity index (χ3n) is 2.91. The summed E-state index contributed by atoms with van der Waals surface area (Å²) in [6.45, 7) is 4.90. The molecule has 0 radical (unpaired) electrons. The first-order valence-electron chi connectivity index (χ1n) is 5.62. The quantitative estimate of drug-likeness (QED) is 0.835. The van der Waals surface area contributed by atoms with E-state index < -0.39 is 0 Å². The van der Waals surface area contributed by atoms with Gasteiger partial charge in [-0.05, 0) is 13.3 Å². The van der Waals surface area contributed by atoms with Gasteiger partial charge in [-0.25, -0.2) is 4.39 Å². The summed E-state index contributed by atoms with van der Waals surface area (Å²) in [6, 6.07) is 3.29. The fourth-order valence-electron chi connectivity index (χ4n) is 2.04. The van der Waals surface area contributed by atoms with Gasteiger partial charge in [-0.1, -0.05) is 0 Å². The van der Waals surface area contributed by atoms with Crippen LogP contribution < -0.4 is 15.0 Å². The van der Waals surface area contributed by atoms with E-state index in [1.54, 1.807) is 6.07 Å². The van der Waals surface area contributed by atoms with Gasteiger partial charge in [0.25, 0.3) is 0 Å². The average molecular weight is 224 g/mol. The number of hydrogen-bond donors (Lipinski definition) is 1. The van der Waals surface area contributed by atoms with E-state index in [-0.39, 0.29) is 5.82 Å². The van der Waals surface area contributed by atoms with Crippen LogP contribution in [0, 0.1) is 5.82 Å². The predicted octanol–water partition coefficient (Wildman–Crippen LogP) is 2.48. The number of rotatable bonds is 2. The molecule has 1 aromatic carbocycles. The van der Waals surface area contributed by atoms with E-state index in [4.69, 9.17) is 4.74 Å². The number of anilines is 2. The highest BCUT2D eigenvalue weighted by molar-refractivity contribution is 5.73. The zero-order valence-corrected chi connectivity index (χ0v) is 9.72. The molecule has 0 saturated heterocycles. The van der Waals surface area contributed by atoms with Gasteiger partial charge in [-0.15, -0.1) is 0 Å². The number of nitrogens with zero attached hydrogens (tertiary/aromatic N) is 1. The van der Waals surface area contributed by atoms with Crippen molar-refractivity contribution in [3.63, 3.8) is 0 Å². The highest BCUT2D eigenvalue weighted by Crippen LogP contribution is 2.34. The van der Waals surface area contributed by atoms with Crippen molar-refractivity contribution >= 4 is 11.4 Å². The molecule has 1 aliphatic heterocycles. The van der Waals surface area contributed by atoms with Crippen molar-refractivity contribution in [3.05, 3.63) is 17.9 Å². The van der Waals surface area contributed by atoms with E-state index in [1.807, 2.05) is 0 Å². The number of fused-ring (bicyclic) bond motifs is 1. The fourth-order valence-corrected chi connectivity index (χ4v) is 2.04. The molecule has 0 bridgehead atoms. The second-order valence-electron chi connectivity index (χ2n) is 3.86. The minimum absolute atomic E-state index is 0.306. The minimum atomic E-state index is -0.313. The Morgan fingerprint density at radius 2 is 2.31 bits per heavy atom. The van der Waals surface area contributed by atoms with Crippen LogP contribution in [-0.2, 0) is 0 Å². The van der Waals surface area contributed by atoms with Gasteiger partial charge in [0.05, 0.1) is 18.5 Å². The molecule has 0 atom stereocenters. The van der Waals surface area contributed by atoms with Crippen LogP contribution in [0.4, 0.5) is 15.8 Å². The van der Waals surface area contributed by atoms with E-state index in [1.165, 1.54) is 13.2 Å². The summed E-state index contributed by atoms with van der Waals surface area (Å²) in [4.78, 5) is 2.23. The molecule has 0 fully saturated rings. The molecule has 1 aliphatic rings. The summed E-state index contributed by atoms with van der Waals surface area (Å²) in [5.74, 6) is -0.00685. The van der Waals surface area contributed by atoms with E-state index in [0.717, 1.165) is 37.4 Å². The van der Waals surface area contributed by atoms with Crippen LogP contribution in [0.5, 0.6) is 5.75 Å². The maximum absolute atomic E-state index is 13.6. The zero-order valence-electron chi connectivity index (χ0n) is 9.72. The summed E-state index contributed by atoms with van der Waals surface area (Å²) >= 11 is 0. The maximum atomic E-state index is 13.6. The Morgan fingerprint density at radius 1 is 1.50 bits per heavy atom. The lowest BCUT2D eigenvalue weighted by Gasteiger charge is -2.23. The second kappa shape index (κ2) is 4.60.